The summed E-state index contributed by atoms with van der Waals surface area (Å²) in [7, 11) is 3.12. The zero-order valence-corrected chi connectivity index (χ0v) is 12.9. The predicted octanol–water partition coefficient (Wildman–Crippen LogP) is 3.25. The Morgan fingerprint density at radius 3 is 2.39 bits per heavy atom. The maximum Gasteiger partial charge on any atom is 0.335 e. The molecule has 0 saturated carbocycles. The fraction of sp³-hybridized carbons (Fsp3) is 0.222. The maximum atomic E-state index is 10.9. The van der Waals surface area contributed by atoms with E-state index in [0.29, 0.717) is 17.9 Å². The third-order valence-electron chi connectivity index (χ3n) is 3.61. The number of ether oxygens (including phenoxy) is 2. The lowest BCUT2D eigenvalue weighted by atomic mass is 9.92. The number of nitrogens with zero attached hydrogens (tertiary/aromatic N) is 1. The smallest absolute Gasteiger partial charge is 0.335 e. The van der Waals surface area contributed by atoms with Crippen molar-refractivity contribution >= 4 is 5.97 Å². The average molecular weight is 311 g/mol. The van der Waals surface area contributed by atoms with Crippen LogP contribution in [-0.4, -0.2) is 25.3 Å². The van der Waals surface area contributed by atoms with Gasteiger partial charge < -0.3 is 14.6 Å². The second kappa shape index (κ2) is 7.32. The molecule has 0 radical (unpaired) electrons. The molecule has 0 aliphatic heterocycles. The van der Waals surface area contributed by atoms with E-state index < -0.39 is 11.9 Å². The van der Waals surface area contributed by atoms with Crippen molar-refractivity contribution in [1.82, 2.24) is 0 Å². The molecule has 2 rings (SSSR count). The first kappa shape index (κ1) is 16.4. The van der Waals surface area contributed by atoms with Crippen molar-refractivity contribution in [2.45, 2.75) is 12.3 Å². The predicted molar refractivity (Wildman–Crippen MR) is 85.0 cm³/mol. The summed E-state index contributed by atoms with van der Waals surface area (Å²) in [5, 5.41) is 18.5. The summed E-state index contributed by atoms with van der Waals surface area (Å²) in [6.45, 7) is 0. The van der Waals surface area contributed by atoms with Crippen LogP contribution in [0.2, 0.25) is 0 Å². The van der Waals surface area contributed by atoms with Crippen molar-refractivity contribution in [2.75, 3.05) is 14.2 Å². The summed E-state index contributed by atoms with van der Waals surface area (Å²) >= 11 is 0. The van der Waals surface area contributed by atoms with Crippen molar-refractivity contribution in [3.05, 3.63) is 59.2 Å². The molecule has 0 aromatic heterocycles. The zero-order valence-electron chi connectivity index (χ0n) is 12.9. The highest BCUT2D eigenvalue weighted by molar-refractivity contribution is 5.87. The molecular weight excluding hydrogens is 294 g/mol. The van der Waals surface area contributed by atoms with Crippen LogP contribution < -0.4 is 9.47 Å². The van der Waals surface area contributed by atoms with Crippen molar-refractivity contribution in [1.29, 1.82) is 5.26 Å². The Kier molecular flexibility index (Phi) is 5.21. The van der Waals surface area contributed by atoms with Gasteiger partial charge in [0.1, 0.15) is 11.5 Å². The summed E-state index contributed by atoms with van der Waals surface area (Å²) < 4.78 is 10.5. The van der Waals surface area contributed by atoms with Gasteiger partial charge in [0.05, 0.1) is 31.8 Å². The largest absolute Gasteiger partial charge is 0.497 e. The molecule has 0 fully saturated rings. The molecule has 1 atom stereocenters. The van der Waals surface area contributed by atoms with Crippen molar-refractivity contribution in [3.8, 4) is 17.6 Å². The molecule has 1 unspecified atom stereocenters. The van der Waals surface area contributed by atoms with Crippen LogP contribution in [-0.2, 0) is 6.42 Å². The Morgan fingerprint density at radius 1 is 1.17 bits per heavy atom. The first-order valence-corrected chi connectivity index (χ1v) is 7.02. The molecule has 0 heterocycles. The summed E-state index contributed by atoms with van der Waals surface area (Å²) in [6, 6.07) is 14.1. The van der Waals surface area contributed by atoms with Gasteiger partial charge >= 0.3 is 5.97 Å². The molecule has 0 saturated heterocycles. The van der Waals surface area contributed by atoms with Crippen LogP contribution in [0.15, 0.2) is 42.5 Å². The van der Waals surface area contributed by atoms with E-state index in [9.17, 15) is 10.1 Å². The topological polar surface area (TPSA) is 79.5 Å². The lowest BCUT2D eigenvalue weighted by Crippen LogP contribution is -2.04. The molecule has 2 aromatic rings. The Labute approximate surface area is 134 Å². The van der Waals surface area contributed by atoms with Crippen LogP contribution in [0, 0.1) is 11.3 Å². The minimum absolute atomic E-state index is 0.223. The van der Waals surface area contributed by atoms with Crippen LogP contribution in [0.3, 0.4) is 0 Å². The van der Waals surface area contributed by atoms with E-state index in [2.05, 4.69) is 6.07 Å². The van der Waals surface area contributed by atoms with E-state index in [-0.39, 0.29) is 5.56 Å². The zero-order chi connectivity index (χ0) is 16.8. The normalized spacial score (nSPS) is 11.3. The highest BCUT2D eigenvalue weighted by atomic mass is 16.5. The molecular formula is C18H17NO4. The van der Waals surface area contributed by atoms with Gasteiger partial charge in [-0.25, -0.2) is 4.79 Å². The Bertz CT molecular complexity index is 732. The van der Waals surface area contributed by atoms with Crippen LogP contribution >= 0.6 is 0 Å². The van der Waals surface area contributed by atoms with Gasteiger partial charge in [-0.05, 0) is 42.3 Å². The highest BCUT2D eigenvalue weighted by Crippen LogP contribution is 2.32. The van der Waals surface area contributed by atoms with E-state index in [4.69, 9.17) is 14.6 Å². The number of carboxylic acids is 1. The van der Waals surface area contributed by atoms with Crippen LogP contribution in [0.1, 0.15) is 27.4 Å². The number of carbonyl (C=O) groups is 1. The quantitative estimate of drug-likeness (QED) is 0.885. The van der Waals surface area contributed by atoms with Crippen LogP contribution in [0.5, 0.6) is 11.5 Å². The second-order valence-corrected chi connectivity index (χ2v) is 5.00. The number of aromatic carboxylic acids is 1. The van der Waals surface area contributed by atoms with Crippen LogP contribution in [0.25, 0.3) is 0 Å². The molecule has 0 amide bonds. The Balaban J connectivity index is 2.29. The SMILES string of the molecule is COc1ccc(OC)c(C(C#N)Cc2ccc(C(=O)O)cc2)c1. The molecule has 118 valence electrons. The number of nitriles is 1. The van der Waals surface area contributed by atoms with Gasteiger partial charge in [0.15, 0.2) is 0 Å². The van der Waals surface area contributed by atoms with Crippen LogP contribution in [0.4, 0.5) is 0 Å². The average Bonchev–Trinajstić information content (AvgIpc) is 2.59. The number of hydrogen-bond acceptors (Lipinski definition) is 4. The monoisotopic (exact) mass is 311 g/mol. The molecule has 23 heavy (non-hydrogen) atoms. The third kappa shape index (κ3) is 3.80. The molecule has 0 spiro atoms. The minimum atomic E-state index is -0.970. The summed E-state index contributed by atoms with van der Waals surface area (Å²) in [6.07, 6.45) is 0.458. The molecule has 1 N–H and O–H groups in total. The van der Waals surface area contributed by atoms with Crippen molar-refractivity contribution < 1.29 is 19.4 Å². The second-order valence-electron chi connectivity index (χ2n) is 5.00. The van der Waals surface area contributed by atoms with Gasteiger partial charge in [0.2, 0.25) is 0 Å². The summed E-state index contributed by atoms with van der Waals surface area (Å²) in [5.41, 5.74) is 1.85. The maximum absolute atomic E-state index is 10.9. The number of benzene rings is 2. The van der Waals surface area contributed by atoms with E-state index in [1.165, 1.54) is 12.1 Å². The van der Waals surface area contributed by atoms with E-state index in [1.54, 1.807) is 44.6 Å². The first-order valence-electron chi connectivity index (χ1n) is 7.02. The van der Waals surface area contributed by atoms with Crippen molar-refractivity contribution in [2.24, 2.45) is 0 Å². The van der Waals surface area contributed by atoms with Crippen molar-refractivity contribution in [3.63, 3.8) is 0 Å². The number of carboxylic acid groups (broad SMARTS) is 1. The molecule has 0 aliphatic carbocycles. The first-order chi connectivity index (χ1) is 11.1. The number of methoxy groups -OCH3 is 2. The number of rotatable bonds is 6. The van der Waals surface area contributed by atoms with E-state index in [0.717, 1.165) is 11.1 Å². The minimum Gasteiger partial charge on any atom is -0.497 e. The van der Waals surface area contributed by atoms with E-state index in [1.807, 2.05) is 0 Å². The molecule has 0 bridgehead atoms. The standard InChI is InChI=1S/C18H17NO4/c1-22-15-7-8-17(23-2)16(10-15)14(11-19)9-12-3-5-13(6-4-12)18(20)21/h3-8,10,14H,9H2,1-2H3,(H,20,21). The Hall–Kier alpha value is -3.00. The molecule has 0 aliphatic rings. The molecule has 2 aromatic carbocycles. The van der Waals surface area contributed by atoms with E-state index >= 15 is 0 Å². The lowest BCUT2D eigenvalue weighted by molar-refractivity contribution is 0.0697. The third-order valence-corrected chi connectivity index (χ3v) is 3.61. The van der Waals surface area contributed by atoms with Gasteiger partial charge in [-0.2, -0.15) is 5.26 Å². The van der Waals surface area contributed by atoms with Gasteiger partial charge in [-0.15, -0.1) is 0 Å². The summed E-state index contributed by atoms with van der Waals surface area (Å²) in [5.74, 6) is -0.111. The number of hydrogen-bond donors (Lipinski definition) is 1. The molecule has 5 nitrogen and oxygen atoms in total. The van der Waals surface area contributed by atoms with Gasteiger partial charge in [0.25, 0.3) is 0 Å². The van der Waals surface area contributed by atoms with Gasteiger partial charge in [-0.1, -0.05) is 12.1 Å². The summed E-state index contributed by atoms with van der Waals surface area (Å²) in [4.78, 5) is 10.9. The fourth-order valence-electron chi connectivity index (χ4n) is 2.36. The molecule has 5 heteroatoms. The van der Waals surface area contributed by atoms with Gasteiger partial charge in [-0.3, -0.25) is 0 Å². The van der Waals surface area contributed by atoms with Gasteiger partial charge in [0, 0.05) is 5.56 Å². The highest BCUT2D eigenvalue weighted by Gasteiger charge is 2.18. The lowest BCUT2D eigenvalue weighted by Gasteiger charge is -2.15. The fourth-order valence-corrected chi connectivity index (χ4v) is 2.36. The Morgan fingerprint density at radius 2 is 1.87 bits per heavy atom.